The second-order valence-corrected chi connectivity index (χ2v) is 6.40. The monoisotopic (exact) mass is 297 g/mol. The van der Waals surface area contributed by atoms with Crippen LogP contribution in [0.4, 0.5) is 0 Å². The number of H-pyrrole nitrogens is 1. The van der Waals surface area contributed by atoms with Crippen molar-refractivity contribution in [2.75, 3.05) is 32.8 Å². The summed E-state index contributed by atoms with van der Waals surface area (Å²) in [5, 5.41) is 1.23. The van der Waals surface area contributed by atoms with Crippen LogP contribution in [-0.4, -0.2) is 47.7 Å². The van der Waals surface area contributed by atoms with Crippen LogP contribution in [0.15, 0.2) is 30.6 Å². The predicted molar refractivity (Wildman–Crippen MR) is 88.7 cm³/mol. The van der Waals surface area contributed by atoms with Gasteiger partial charge < -0.3 is 9.72 Å². The molecule has 0 unspecified atom stereocenters. The lowest BCUT2D eigenvalue weighted by Crippen LogP contribution is -2.31. The second kappa shape index (κ2) is 6.23. The highest BCUT2D eigenvalue weighted by Crippen LogP contribution is 2.29. The number of rotatable bonds is 6. The fourth-order valence-corrected chi connectivity index (χ4v) is 3.11. The maximum atomic E-state index is 5.74. The molecule has 4 nitrogen and oxygen atoms in total. The van der Waals surface area contributed by atoms with Gasteiger partial charge in [0.2, 0.25) is 0 Å². The number of nitrogens with zero attached hydrogens (tertiary/aromatic N) is 2. The molecular formula is C18H23N3O. The van der Waals surface area contributed by atoms with Crippen molar-refractivity contribution in [1.82, 2.24) is 14.9 Å². The molecule has 4 heteroatoms. The first kappa shape index (κ1) is 14.0. The number of nitrogens with one attached hydrogen (secondary N) is 1. The van der Waals surface area contributed by atoms with Crippen molar-refractivity contribution in [1.29, 1.82) is 0 Å². The Morgan fingerprint density at radius 3 is 3.14 bits per heavy atom. The van der Waals surface area contributed by atoms with Crippen molar-refractivity contribution in [3.63, 3.8) is 0 Å². The third kappa shape index (κ3) is 3.08. The zero-order valence-electron chi connectivity index (χ0n) is 12.9. The summed E-state index contributed by atoms with van der Waals surface area (Å²) in [7, 11) is 0. The molecular weight excluding hydrogens is 274 g/mol. The van der Waals surface area contributed by atoms with Crippen LogP contribution < -0.4 is 0 Å². The van der Waals surface area contributed by atoms with Gasteiger partial charge in [0.1, 0.15) is 5.65 Å². The van der Waals surface area contributed by atoms with E-state index in [2.05, 4.69) is 33.2 Å². The van der Waals surface area contributed by atoms with Gasteiger partial charge in [0.15, 0.2) is 0 Å². The summed E-state index contributed by atoms with van der Waals surface area (Å²) >= 11 is 0. The van der Waals surface area contributed by atoms with Crippen molar-refractivity contribution in [2.24, 2.45) is 5.92 Å². The normalized spacial score (nSPS) is 19.5. The summed E-state index contributed by atoms with van der Waals surface area (Å²) < 4.78 is 5.74. The molecule has 0 amide bonds. The fraction of sp³-hybridized carbons (Fsp3) is 0.500. The molecule has 0 saturated heterocycles. The number of aromatic nitrogens is 2. The highest BCUT2D eigenvalue weighted by atomic mass is 16.5. The summed E-state index contributed by atoms with van der Waals surface area (Å²) in [6.45, 7) is 5.03. The first-order chi connectivity index (χ1) is 10.9. The van der Waals surface area contributed by atoms with Gasteiger partial charge in [-0.15, -0.1) is 0 Å². The minimum absolute atomic E-state index is 0.864. The van der Waals surface area contributed by atoms with Gasteiger partial charge in [-0.25, -0.2) is 4.98 Å². The summed E-state index contributed by atoms with van der Waals surface area (Å²) in [6.07, 6.45) is 10.1. The molecule has 4 rings (SSSR count). The Balaban J connectivity index is 1.34. The summed E-state index contributed by atoms with van der Waals surface area (Å²) in [5.41, 5.74) is 3.73. The number of hydrogen-bond acceptors (Lipinski definition) is 3. The molecule has 2 aliphatic rings. The Hall–Kier alpha value is -1.65. The maximum absolute atomic E-state index is 5.74. The van der Waals surface area contributed by atoms with E-state index in [0.717, 1.165) is 50.8 Å². The minimum atomic E-state index is 0.864. The molecule has 0 aromatic carbocycles. The van der Waals surface area contributed by atoms with E-state index < -0.39 is 0 Å². The molecule has 1 aliphatic heterocycles. The maximum Gasteiger partial charge on any atom is 0.137 e. The van der Waals surface area contributed by atoms with E-state index in [9.17, 15) is 0 Å². The zero-order chi connectivity index (χ0) is 14.8. The SMILES string of the molecule is C1=C(c2c[nH]c3ncccc23)CCN(CCOCC2CC2)C1. The molecule has 0 spiro atoms. The molecule has 2 aromatic heterocycles. The van der Waals surface area contributed by atoms with Crippen molar-refractivity contribution in [3.05, 3.63) is 36.2 Å². The van der Waals surface area contributed by atoms with Crippen molar-refractivity contribution in [3.8, 4) is 0 Å². The molecule has 0 bridgehead atoms. The van der Waals surface area contributed by atoms with E-state index in [1.807, 2.05) is 12.3 Å². The van der Waals surface area contributed by atoms with Gasteiger partial charge >= 0.3 is 0 Å². The van der Waals surface area contributed by atoms with E-state index in [-0.39, 0.29) is 0 Å². The van der Waals surface area contributed by atoms with Crippen LogP contribution in [0.5, 0.6) is 0 Å². The van der Waals surface area contributed by atoms with Gasteiger partial charge in [-0.1, -0.05) is 6.08 Å². The van der Waals surface area contributed by atoms with Gasteiger partial charge in [0.05, 0.1) is 6.61 Å². The Kier molecular flexibility index (Phi) is 3.95. The van der Waals surface area contributed by atoms with E-state index in [0.29, 0.717) is 0 Å². The van der Waals surface area contributed by atoms with Gasteiger partial charge in [-0.3, -0.25) is 4.90 Å². The number of aromatic amines is 1. The quantitative estimate of drug-likeness (QED) is 0.833. The van der Waals surface area contributed by atoms with E-state index in [1.54, 1.807) is 0 Å². The average Bonchev–Trinajstić information content (AvgIpc) is 3.29. The lowest BCUT2D eigenvalue weighted by molar-refractivity contribution is 0.0993. The lowest BCUT2D eigenvalue weighted by atomic mass is 10.00. The first-order valence-electron chi connectivity index (χ1n) is 8.32. The first-order valence-corrected chi connectivity index (χ1v) is 8.32. The summed E-state index contributed by atoms with van der Waals surface area (Å²) in [6, 6.07) is 4.15. The summed E-state index contributed by atoms with van der Waals surface area (Å²) in [5.74, 6) is 0.864. The highest BCUT2D eigenvalue weighted by molar-refractivity contribution is 5.90. The lowest BCUT2D eigenvalue weighted by Gasteiger charge is -2.26. The van der Waals surface area contributed by atoms with Crippen molar-refractivity contribution >= 4 is 16.6 Å². The van der Waals surface area contributed by atoms with Gasteiger partial charge in [-0.05, 0) is 42.9 Å². The Morgan fingerprint density at radius 2 is 2.32 bits per heavy atom. The van der Waals surface area contributed by atoms with Crippen LogP contribution in [0.1, 0.15) is 24.8 Å². The van der Waals surface area contributed by atoms with Crippen molar-refractivity contribution in [2.45, 2.75) is 19.3 Å². The Morgan fingerprint density at radius 1 is 1.36 bits per heavy atom. The number of hydrogen-bond donors (Lipinski definition) is 1. The molecule has 2 aromatic rings. The van der Waals surface area contributed by atoms with E-state index in [4.69, 9.17) is 4.74 Å². The van der Waals surface area contributed by atoms with Crippen LogP contribution in [-0.2, 0) is 4.74 Å². The molecule has 1 saturated carbocycles. The molecule has 1 fully saturated rings. The molecule has 22 heavy (non-hydrogen) atoms. The van der Waals surface area contributed by atoms with Crippen LogP contribution in [0, 0.1) is 5.92 Å². The second-order valence-electron chi connectivity index (χ2n) is 6.40. The van der Waals surface area contributed by atoms with Crippen LogP contribution in [0.25, 0.3) is 16.6 Å². The smallest absolute Gasteiger partial charge is 0.137 e. The average molecular weight is 297 g/mol. The van der Waals surface area contributed by atoms with Gasteiger partial charge in [0, 0.05) is 49.6 Å². The standard InChI is InChI=1S/C18H23N3O/c1-2-16-17(12-20-18(16)19-7-1)15-5-8-21(9-6-15)10-11-22-13-14-3-4-14/h1-2,5,7,12,14H,3-4,6,8-11,13H2,(H,19,20). The van der Waals surface area contributed by atoms with Crippen molar-refractivity contribution < 1.29 is 4.74 Å². The van der Waals surface area contributed by atoms with E-state index >= 15 is 0 Å². The third-order valence-corrected chi connectivity index (χ3v) is 4.69. The Labute approximate surface area is 131 Å². The van der Waals surface area contributed by atoms with Gasteiger partial charge in [0.25, 0.3) is 0 Å². The number of ether oxygens (including phenoxy) is 1. The molecule has 1 aliphatic carbocycles. The van der Waals surface area contributed by atoms with Crippen LogP contribution in [0.2, 0.25) is 0 Å². The fourth-order valence-electron chi connectivity index (χ4n) is 3.11. The number of fused-ring (bicyclic) bond motifs is 1. The minimum Gasteiger partial charge on any atom is -0.380 e. The Bertz CT molecular complexity index is 672. The molecule has 116 valence electrons. The zero-order valence-corrected chi connectivity index (χ0v) is 12.9. The van der Waals surface area contributed by atoms with Gasteiger partial charge in [-0.2, -0.15) is 0 Å². The summed E-state index contributed by atoms with van der Waals surface area (Å²) in [4.78, 5) is 10.1. The third-order valence-electron chi connectivity index (χ3n) is 4.69. The molecule has 0 atom stereocenters. The predicted octanol–water partition coefficient (Wildman–Crippen LogP) is 3.08. The molecule has 3 heterocycles. The van der Waals surface area contributed by atoms with E-state index in [1.165, 1.54) is 29.4 Å². The van der Waals surface area contributed by atoms with Crippen LogP contribution >= 0.6 is 0 Å². The van der Waals surface area contributed by atoms with Crippen LogP contribution in [0.3, 0.4) is 0 Å². The molecule has 0 radical (unpaired) electrons. The largest absolute Gasteiger partial charge is 0.380 e. The highest BCUT2D eigenvalue weighted by Gasteiger charge is 2.21. The topological polar surface area (TPSA) is 41.2 Å². The number of pyridine rings is 1. The molecule has 1 N–H and O–H groups in total.